The van der Waals surface area contributed by atoms with Crippen LogP contribution in [0.2, 0.25) is 5.02 Å². The Kier molecular flexibility index (Phi) is 5.14. The van der Waals surface area contributed by atoms with E-state index in [0.717, 1.165) is 11.6 Å². The first kappa shape index (κ1) is 15.8. The summed E-state index contributed by atoms with van der Waals surface area (Å²) in [5.41, 5.74) is 1.53. The molecular formula is C16H28ClN3. The van der Waals surface area contributed by atoms with E-state index in [4.69, 9.17) is 11.6 Å². The zero-order valence-electron chi connectivity index (χ0n) is 13.2. The lowest BCUT2D eigenvalue weighted by Gasteiger charge is -2.38. The average Bonchev–Trinajstić information content (AvgIpc) is 3.03. The smallest absolute Gasteiger partial charge is 0.0834 e. The standard InChI is InChI=1S/C16H28ClN3/c1-5-16(9-7-8-10-16)15(18-6-2)14-13(17)11-19-20(14)12(3)4/h11-12,15,18H,5-10H2,1-4H3. The lowest BCUT2D eigenvalue weighted by atomic mass is 9.74. The first-order valence-electron chi connectivity index (χ1n) is 8.02. The molecule has 0 amide bonds. The number of aromatic nitrogens is 2. The van der Waals surface area contributed by atoms with Crippen molar-refractivity contribution in [3.8, 4) is 0 Å². The average molecular weight is 298 g/mol. The highest BCUT2D eigenvalue weighted by molar-refractivity contribution is 6.31. The Bertz CT molecular complexity index is 433. The molecule has 1 saturated carbocycles. The summed E-state index contributed by atoms with van der Waals surface area (Å²) in [5.74, 6) is 0. The Hall–Kier alpha value is -0.540. The van der Waals surface area contributed by atoms with Crippen LogP contribution in [0.3, 0.4) is 0 Å². The van der Waals surface area contributed by atoms with Gasteiger partial charge in [-0.05, 0) is 45.1 Å². The van der Waals surface area contributed by atoms with Crippen molar-refractivity contribution in [1.82, 2.24) is 15.1 Å². The van der Waals surface area contributed by atoms with E-state index >= 15 is 0 Å². The minimum absolute atomic E-state index is 0.317. The molecule has 1 fully saturated rings. The molecule has 1 aliphatic rings. The van der Waals surface area contributed by atoms with Crippen molar-refractivity contribution in [3.05, 3.63) is 16.9 Å². The number of rotatable bonds is 6. The third-order valence-electron chi connectivity index (χ3n) is 4.87. The van der Waals surface area contributed by atoms with Gasteiger partial charge in [0.25, 0.3) is 0 Å². The van der Waals surface area contributed by atoms with Crippen LogP contribution in [0.25, 0.3) is 0 Å². The minimum Gasteiger partial charge on any atom is -0.308 e. The van der Waals surface area contributed by atoms with E-state index in [-0.39, 0.29) is 0 Å². The normalized spacial score (nSPS) is 19.7. The Labute approximate surface area is 128 Å². The van der Waals surface area contributed by atoms with Crippen LogP contribution < -0.4 is 5.32 Å². The zero-order chi connectivity index (χ0) is 14.8. The van der Waals surface area contributed by atoms with Gasteiger partial charge in [0.1, 0.15) is 0 Å². The van der Waals surface area contributed by atoms with Crippen molar-refractivity contribution in [1.29, 1.82) is 0 Å². The molecule has 0 spiro atoms. The highest BCUT2D eigenvalue weighted by Crippen LogP contribution is 2.51. The van der Waals surface area contributed by atoms with Crippen molar-refractivity contribution in [2.24, 2.45) is 5.41 Å². The van der Waals surface area contributed by atoms with E-state index < -0.39 is 0 Å². The highest BCUT2D eigenvalue weighted by atomic mass is 35.5. The molecule has 4 heteroatoms. The highest BCUT2D eigenvalue weighted by Gasteiger charge is 2.42. The molecule has 0 bridgehead atoms. The molecule has 2 rings (SSSR count). The fraction of sp³-hybridized carbons (Fsp3) is 0.812. The third kappa shape index (κ3) is 2.75. The quantitative estimate of drug-likeness (QED) is 0.822. The zero-order valence-corrected chi connectivity index (χ0v) is 14.0. The monoisotopic (exact) mass is 297 g/mol. The van der Waals surface area contributed by atoms with Gasteiger partial charge in [-0.1, -0.05) is 38.3 Å². The molecule has 3 nitrogen and oxygen atoms in total. The second-order valence-electron chi connectivity index (χ2n) is 6.33. The van der Waals surface area contributed by atoms with E-state index in [1.807, 2.05) is 0 Å². The molecule has 114 valence electrons. The van der Waals surface area contributed by atoms with Crippen LogP contribution in [0, 0.1) is 5.41 Å². The SMILES string of the molecule is CCNC(c1c(Cl)cnn1C(C)C)C1(CC)CCCC1. The van der Waals surface area contributed by atoms with Crippen molar-refractivity contribution >= 4 is 11.6 Å². The topological polar surface area (TPSA) is 29.9 Å². The Morgan fingerprint density at radius 1 is 1.35 bits per heavy atom. The van der Waals surface area contributed by atoms with Gasteiger partial charge in [-0.3, -0.25) is 4.68 Å². The third-order valence-corrected chi connectivity index (χ3v) is 5.16. The van der Waals surface area contributed by atoms with Crippen LogP contribution in [-0.4, -0.2) is 16.3 Å². The second kappa shape index (κ2) is 6.48. The van der Waals surface area contributed by atoms with E-state index in [1.54, 1.807) is 6.20 Å². The van der Waals surface area contributed by atoms with Crippen molar-refractivity contribution in [3.63, 3.8) is 0 Å². The molecule has 0 radical (unpaired) electrons. The fourth-order valence-electron chi connectivity index (χ4n) is 3.77. The maximum Gasteiger partial charge on any atom is 0.0834 e. The molecule has 1 heterocycles. The van der Waals surface area contributed by atoms with Gasteiger partial charge >= 0.3 is 0 Å². The summed E-state index contributed by atoms with van der Waals surface area (Å²) in [6.07, 6.45) is 8.26. The van der Waals surface area contributed by atoms with Gasteiger partial charge in [0.2, 0.25) is 0 Å². The molecular weight excluding hydrogens is 270 g/mol. The summed E-state index contributed by atoms with van der Waals surface area (Å²) < 4.78 is 2.10. The number of hydrogen-bond donors (Lipinski definition) is 1. The minimum atomic E-state index is 0.317. The molecule has 0 aromatic carbocycles. The Morgan fingerprint density at radius 3 is 2.50 bits per heavy atom. The van der Waals surface area contributed by atoms with E-state index in [9.17, 15) is 0 Å². The van der Waals surface area contributed by atoms with E-state index in [2.05, 4.69) is 42.8 Å². The molecule has 0 aliphatic heterocycles. The van der Waals surface area contributed by atoms with E-state index in [1.165, 1.54) is 37.8 Å². The molecule has 0 saturated heterocycles. The second-order valence-corrected chi connectivity index (χ2v) is 6.74. The first-order chi connectivity index (χ1) is 9.55. The van der Waals surface area contributed by atoms with Crippen LogP contribution >= 0.6 is 11.6 Å². The molecule has 1 atom stereocenters. The lowest BCUT2D eigenvalue weighted by molar-refractivity contribution is 0.178. The number of hydrogen-bond acceptors (Lipinski definition) is 2. The van der Waals surface area contributed by atoms with Crippen LogP contribution in [0.5, 0.6) is 0 Å². The molecule has 1 N–H and O–H groups in total. The summed E-state index contributed by atoms with van der Waals surface area (Å²) in [4.78, 5) is 0. The first-order valence-corrected chi connectivity index (χ1v) is 8.39. The van der Waals surface area contributed by atoms with Gasteiger partial charge < -0.3 is 5.32 Å². The van der Waals surface area contributed by atoms with Gasteiger partial charge in [-0.15, -0.1) is 0 Å². The van der Waals surface area contributed by atoms with E-state index in [0.29, 0.717) is 17.5 Å². The van der Waals surface area contributed by atoms with Gasteiger partial charge in [0, 0.05) is 6.04 Å². The Balaban J connectivity index is 2.45. The van der Waals surface area contributed by atoms with Crippen molar-refractivity contribution < 1.29 is 0 Å². The summed E-state index contributed by atoms with van der Waals surface area (Å²) in [5, 5.41) is 9.02. The van der Waals surface area contributed by atoms with Gasteiger partial charge in [0.05, 0.1) is 23.0 Å². The van der Waals surface area contributed by atoms with Crippen LogP contribution in [-0.2, 0) is 0 Å². The summed E-state index contributed by atoms with van der Waals surface area (Å²) >= 11 is 6.49. The molecule has 1 aliphatic carbocycles. The molecule has 1 unspecified atom stereocenters. The maximum atomic E-state index is 6.49. The largest absolute Gasteiger partial charge is 0.308 e. The summed E-state index contributed by atoms with van der Waals surface area (Å²) in [7, 11) is 0. The van der Waals surface area contributed by atoms with Gasteiger partial charge in [-0.2, -0.15) is 5.10 Å². The summed E-state index contributed by atoms with van der Waals surface area (Å²) in [6.45, 7) is 9.80. The molecule has 1 aromatic rings. The summed E-state index contributed by atoms with van der Waals surface area (Å²) in [6, 6.07) is 0.659. The number of nitrogens with one attached hydrogen (secondary N) is 1. The van der Waals surface area contributed by atoms with Gasteiger partial charge in [0.15, 0.2) is 0 Å². The van der Waals surface area contributed by atoms with Crippen LogP contribution in [0.1, 0.15) is 77.6 Å². The van der Waals surface area contributed by atoms with Crippen LogP contribution in [0.4, 0.5) is 0 Å². The Morgan fingerprint density at radius 2 is 2.00 bits per heavy atom. The number of nitrogens with zero attached hydrogens (tertiary/aromatic N) is 2. The predicted octanol–water partition coefficient (Wildman–Crippen LogP) is 4.74. The predicted molar refractivity (Wildman–Crippen MR) is 85.2 cm³/mol. The maximum absolute atomic E-state index is 6.49. The molecule has 20 heavy (non-hydrogen) atoms. The van der Waals surface area contributed by atoms with Gasteiger partial charge in [-0.25, -0.2) is 0 Å². The lowest BCUT2D eigenvalue weighted by Crippen LogP contribution is -2.38. The van der Waals surface area contributed by atoms with Crippen molar-refractivity contribution in [2.45, 2.75) is 71.9 Å². The van der Waals surface area contributed by atoms with Crippen LogP contribution in [0.15, 0.2) is 6.20 Å². The fourth-order valence-corrected chi connectivity index (χ4v) is 4.00. The molecule has 1 aromatic heterocycles. The van der Waals surface area contributed by atoms with Crippen molar-refractivity contribution in [2.75, 3.05) is 6.54 Å². The number of halogens is 1.